The Morgan fingerprint density at radius 3 is 2.21 bits per heavy atom. The second-order valence-electron chi connectivity index (χ2n) is 7.33. The highest BCUT2D eigenvalue weighted by molar-refractivity contribution is 6.35. The van der Waals surface area contributed by atoms with Gasteiger partial charge in [-0.25, -0.2) is 4.39 Å². The number of carbonyl (C=O) groups is 3. The first kappa shape index (κ1) is 20.5. The third-order valence-electron chi connectivity index (χ3n) is 4.92. The molecule has 0 aliphatic carbocycles. The van der Waals surface area contributed by atoms with Crippen LogP contribution in [0.4, 0.5) is 4.39 Å². The van der Waals surface area contributed by atoms with Crippen molar-refractivity contribution in [3.63, 3.8) is 0 Å². The van der Waals surface area contributed by atoms with Crippen LogP contribution in [-0.4, -0.2) is 46.7 Å². The summed E-state index contributed by atoms with van der Waals surface area (Å²) in [4.78, 5) is 39.9. The van der Waals surface area contributed by atoms with Gasteiger partial charge in [0.25, 0.3) is 5.91 Å². The number of nitrogens with zero attached hydrogens (tertiary/aromatic N) is 2. The molecule has 0 atom stereocenters. The zero-order valence-electron chi connectivity index (χ0n) is 16.5. The van der Waals surface area contributed by atoms with E-state index in [0.29, 0.717) is 31.7 Å². The molecule has 29 heavy (non-hydrogen) atoms. The summed E-state index contributed by atoms with van der Waals surface area (Å²) in [7, 11) is 0. The molecule has 1 aliphatic rings. The zero-order valence-corrected chi connectivity index (χ0v) is 16.5. The lowest BCUT2D eigenvalue weighted by molar-refractivity contribution is -0.157. The molecule has 2 aromatic carbocycles. The average Bonchev–Trinajstić information content (AvgIpc) is 2.71. The van der Waals surface area contributed by atoms with Gasteiger partial charge in [0.1, 0.15) is 5.82 Å². The van der Waals surface area contributed by atoms with Crippen molar-refractivity contribution >= 4 is 17.7 Å². The van der Waals surface area contributed by atoms with Gasteiger partial charge in [0.2, 0.25) is 0 Å². The number of carbonyl (C=O) groups excluding carboxylic acids is 3. The molecule has 3 amide bonds. The molecule has 1 aliphatic heterocycles. The highest BCUT2D eigenvalue weighted by Gasteiger charge is 2.33. The summed E-state index contributed by atoms with van der Waals surface area (Å²) < 4.78 is 12.9. The molecular formula is C22H24FN3O3. The summed E-state index contributed by atoms with van der Waals surface area (Å²) in [6, 6.07) is 12.9. The van der Waals surface area contributed by atoms with Gasteiger partial charge in [-0.2, -0.15) is 0 Å². The third-order valence-corrected chi connectivity index (χ3v) is 4.92. The van der Waals surface area contributed by atoms with E-state index in [9.17, 15) is 18.8 Å². The predicted octanol–water partition coefficient (Wildman–Crippen LogP) is 2.33. The summed E-state index contributed by atoms with van der Waals surface area (Å²) >= 11 is 0. The van der Waals surface area contributed by atoms with Gasteiger partial charge in [0.05, 0.1) is 0 Å². The summed E-state index contributed by atoms with van der Waals surface area (Å²) in [5.74, 6) is -1.52. The van der Waals surface area contributed by atoms with Crippen molar-refractivity contribution in [1.29, 1.82) is 0 Å². The molecule has 0 unspecified atom stereocenters. The van der Waals surface area contributed by atoms with Crippen molar-refractivity contribution in [3.05, 3.63) is 71.0 Å². The molecule has 2 aromatic rings. The lowest BCUT2D eigenvalue weighted by atomic mass is 10.1. The van der Waals surface area contributed by atoms with Gasteiger partial charge in [0, 0.05) is 37.8 Å². The van der Waals surface area contributed by atoms with Crippen LogP contribution in [0.1, 0.15) is 35.3 Å². The Hall–Kier alpha value is -3.22. The number of halogens is 1. The molecule has 3 rings (SSSR count). The molecule has 1 saturated heterocycles. The molecule has 1 fully saturated rings. The third kappa shape index (κ3) is 4.99. The Bertz CT molecular complexity index is 895. The predicted molar refractivity (Wildman–Crippen MR) is 106 cm³/mol. The van der Waals surface area contributed by atoms with Gasteiger partial charge in [-0.15, -0.1) is 0 Å². The maximum atomic E-state index is 12.9. The van der Waals surface area contributed by atoms with Crippen molar-refractivity contribution in [1.82, 2.24) is 15.1 Å². The fourth-order valence-corrected chi connectivity index (χ4v) is 3.20. The van der Waals surface area contributed by atoms with E-state index in [2.05, 4.69) is 5.32 Å². The van der Waals surface area contributed by atoms with Gasteiger partial charge in [0.15, 0.2) is 0 Å². The van der Waals surface area contributed by atoms with E-state index in [0.717, 1.165) is 11.1 Å². The number of amides is 3. The number of hydrogen-bond acceptors (Lipinski definition) is 3. The van der Waals surface area contributed by atoms with Crippen LogP contribution in [0.3, 0.4) is 0 Å². The van der Waals surface area contributed by atoms with Crippen LogP contribution in [0.5, 0.6) is 0 Å². The molecule has 1 N–H and O–H groups in total. The highest BCUT2D eigenvalue weighted by atomic mass is 19.1. The molecule has 0 saturated carbocycles. The minimum absolute atomic E-state index is 0.00121. The molecule has 0 spiro atoms. The molecule has 152 valence electrons. The minimum atomic E-state index is -0.494. The second-order valence-corrected chi connectivity index (χ2v) is 7.33. The lowest BCUT2D eigenvalue weighted by Crippen LogP contribution is -2.55. The first-order chi connectivity index (χ1) is 13.8. The SMILES string of the molecule is CC(C)N1CCN(Cc2ccc(C(=O)NCc3ccc(F)cc3)cc2)C(=O)C1=O. The summed E-state index contributed by atoms with van der Waals surface area (Å²) in [6.45, 7) is 5.42. The molecule has 6 nitrogen and oxygen atoms in total. The maximum absolute atomic E-state index is 12.9. The Balaban J connectivity index is 1.56. The van der Waals surface area contributed by atoms with E-state index < -0.39 is 11.8 Å². The van der Waals surface area contributed by atoms with Gasteiger partial charge in [-0.1, -0.05) is 24.3 Å². The van der Waals surface area contributed by atoms with Crippen molar-refractivity contribution in [2.45, 2.75) is 33.0 Å². The molecule has 0 aromatic heterocycles. The van der Waals surface area contributed by atoms with Gasteiger partial charge < -0.3 is 15.1 Å². The van der Waals surface area contributed by atoms with Gasteiger partial charge >= 0.3 is 11.8 Å². The number of nitrogens with one attached hydrogen (secondary N) is 1. The number of piperazine rings is 1. The van der Waals surface area contributed by atoms with E-state index in [1.165, 1.54) is 17.0 Å². The van der Waals surface area contributed by atoms with Gasteiger partial charge in [-0.3, -0.25) is 14.4 Å². The van der Waals surface area contributed by atoms with E-state index >= 15 is 0 Å². The standard InChI is InChI=1S/C22H24FN3O3/c1-15(2)26-12-11-25(21(28)22(26)29)14-17-3-7-18(8-4-17)20(27)24-13-16-5-9-19(23)10-6-16/h3-10,15H,11-14H2,1-2H3,(H,24,27). The Morgan fingerprint density at radius 2 is 1.59 bits per heavy atom. The molecular weight excluding hydrogens is 373 g/mol. The molecule has 1 heterocycles. The summed E-state index contributed by atoms with van der Waals surface area (Å²) in [6.07, 6.45) is 0. The second kappa shape index (κ2) is 8.86. The summed E-state index contributed by atoms with van der Waals surface area (Å²) in [5, 5.41) is 2.79. The first-order valence-corrected chi connectivity index (χ1v) is 9.56. The molecule has 7 heteroatoms. The molecule has 0 radical (unpaired) electrons. The zero-order chi connectivity index (χ0) is 21.0. The van der Waals surface area contributed by atoms with Crippen LogP contribution in [0, 0.1) is 5.82 Å². The monoisotopic (exact) mass is 397 g/mol. The number of hydrogen-bond donors (Lipinski definition) is 1. The van der Waals surface area contributed by atoms with Crippen molar-refractivity contribution in [2.75, 3.05) is 13.1 Å². The fraction of sp³-hybridized carbons (Fsp3) is 0.318. The topological polar surface area (TPSA) is 69.7 Å². The largest absolute Gasteiger partial charge is 0.348 e. The lowest BCUT2D eigenvalue weighted by Gasteiger charge is -2.36. The smallest absolute Gasteiger partial charge is 0.312 e. The average molecular weight is 397 g/mol. The van der Waals surface area contributed by atoms with Gasteiger partial charge in [-0.05, 0) is 49.2 Å². The normalized spacial score (nSPS) is 14.5. The van der Waals surface area contributed by atoms with Crippen LogP contribution in [-0.2, 0) is 22.7 Å². The highest BCUT2D eigenvalue weighted by Crippen LogP contribution is 2.14. The van der Waals surface area contributed by atoms with Crippen LogP contribution in [0.25, 0.3) is 0 Å². The van der Waals surface area contributed by atoms with Crippen LogP contribution in [0.2, 0.25) is 0 Å². The van der Waals surface area contributed by atoms with E-state index in [4.69, 9.17) is 0 Å². The Kier molecular flexibility index (Phi) is 6.26. The van der Waals surface area contributed by atoms with Crippen LogP contribution >= 0.6 is 0 Å². The minimum Gasteiger partial charge on any atom is -0.348 e. The fourth-order valence-electron chi connectivity index (χ4n) is 3.20. The van der Waals surface area contributed by atoms with E-state index in [1.807, 2.05) is 13.8 Å². The van der Waals surface area contributed by atoms with E-state index in [1.54, 1.807) is 41.3 Å². The van der Waals surface area contributed by atoms with Crippen molar-refractivity contribution in [2.24, 2.45) is 0 Å². The van der Waals surface area contributed by atoms with Crippen LogP contribution < -0.4 is 5.32 Å². The summed E-state index contributed by atoms with van der Waals surface area (Å²) in [5.41, 5.74) is 2.14. The van der Waals surface area contributed by atoms with E-state index in [-0.39, 0.29) is 17.8 Å². The first-order valence-electron chi connectivity index (χ1n) is 9.56. The van der Waals surface area contributed by atoms with Crippen molar-refractivity contribution in [3.8, 4) is 0 Å². The Labute approximate surface area is 169 Å². The number of rotatable bonds is 6. The van der Waals surface area contributed by atoms with Crippen molar-refractivity contribution < 1.29 is 18.8 Å². The quantitative estimate of drug-likeness (QED) is 0.761. The maximum Gasteiger partial charge on any atom is 0.312 e. The molecule has 0 bridgehead atoms. The Morgan fingerprint density at radius 1 is 0.966 bits per heavy atom. The van der Waals surface area contributed by atoms with Crippen LogP contribution in [0.15, 0.2) is 48.5 Å². The number of benzene rings is 2.